The highest BCUT2D eigenvalue weighted by atomic mass is 32.2. The first-order chi connectivity index (χ1) is 7.79. The van der Waals surface area contributed by atoms with Crippen molar-refractivity contribution in [2.45, 2.75) is 19.9 Å². The summed E-state index contributed by atoms with van der Waals surface area (Å²) in [7, 11) is 0. The van der Waals surface area contributed by atoms with Crippen molar-refractivity contribution < 1.29 is 9.53 Å². The number of amides is 1. The maximum absolute atomic E-state index is 11.8. The van der Waals surface area contributed by atoms with Crippen LogP contribution in [0.2, 0.25) is 0 Å². The van der Waals surface area contributed by atoms with Gasteiger partial charge < -0.3 is 10.1 Å². The van der Waals surface area contributed by atoms with E-state index in [1.807, 2.05) is 18.7 Å². The lowest BCUT2D eigenvalue weighted by atomic mass is 10.2. The quantitative estimate of drug-likeness (QED) is 0.696. The van der Waals surface area contributed by atoms with Crippen molar-refractivity contribution in [3.8, 4) is 0 Å². The topological polar surface area (TPSA) is 41.6 Å². The number of hydrogen-bond acceptors (Lipinski definition) is 4. The summed E-state index contributed by atoms with van der Waals surface area (Å²) in [6.45, 7) is 7.90. The Bertz CT molecular complexity index is 214. The number of hydrogen-bond donors (Lipinski definition) is 1. The normalized spacial score (nSPS) is 22.0. The van der Waals surface area contributed by atoms with E-state index in [1.165, 1.54) is 0 Å². The van der Waals surface area contributed by atoms with E-state index in [0.717, 1.165) is 31.2 Å². The van der Waals surface area contributed by atoms with E-state index in [9.17, 15) is 4.79 Å². The van der Waals surface area contributed by atoms with Gasteiger partial charge in [-0.05, 0) is 12.7 Å². The molecule has 4 nitrogen and oxygen atoms in total. The Balaban J connectivity index is 2.40. The molecule has 1 heterocycles. The Hall–Kier alpha value is -0.260. The minimum absolute atomic E-state index is 0.0915. The van der Waals surface area contributed by atoms with Crippen LogP contribution in [0.25, 0.3) is 0 Å². The van der Waals surface area contributed by atoms with Gasteiger partial charge in [-0.15, -0.1) is 0 Å². The Morgan fingerprint density at radius 1 is 1.56 bits per heavy atom. The minimum atomic E-state index is -0.0915. The lowest BCUT2D eigenvalue weighted by Crippen LogP contribution is -2.54. The number of likely N-dealkylation sites (N-methyl/N-ethyl adjacent to an activating group) is 1. The van der Waals surface area contributed by atoms with Gasteiger partial charge in [0.05, 0.1) is 13.2 Å². The van der Waals surface area contributed by atoms with Gasteiger partial charge in [0.15, 0.2) is 0 Å². The van der Waals surface area contributed by atoms with Gasteiger partial charge in [-0.1, -0.05) is 6.92 Å². The molecule has 5 heteroatoms. The van der Waals surface area contributed by atoms with Crippen LogP contribution in [-0.4, -0.2) is 61.2 Å². The van der Waals surface area contributed by atoms with E-state index in [1.54, 1.807) is 0 Å². The first-order valence-electron chi connectivity index (χ1n) is 5.96. The van der Waals surface area contributed by atoms with Crippen LogP contribution in [0.4, 0.5) is 0 Å². The molecule has 1 fully saturated rings. The number of nitrogens with zero attached hydrogens (tertiary/aromatic N) is 1. The first-order valence-corrected chi connectivity index (χ1v) is 7.12. The third kappa shape index (κ3) is 4.31. The van der Waals surface area contributed by atoms with Gasteiger partial charge in [0.1, 0.15) is 6.04 Å². The first kappa shape index (κ1) is 13.8. The van der Waals surface area contributed by atoms with Gasteiger partial charge >= 0.3 is 0 Å². The van der Waals surface area contributed by atoms with Crippen molar-refractivity contribution in [3.63, 3.8) is 0 Å². The Morgan fingerprint density at radius 2 is 2.38 bits per heavy atom. The fourth-order valence-corrected chi connectivity index (χ4v) is 2.42. The van der Waals surface area contributed by atoms with E-state index in [2.05, 4.69) is 17.1 Å². The SMILES string of the molecule is CCNC(=O)C1COCCN1CCSCC. The number of rotatable bonds is 6. The number of morpholine rings is 1. The van der Waals surface area contributed by atoms with Crippen LogP contribution in [0, 0.1) is 0 Å². The zero-order valence-corrected chi connectivity index (χ0v) is 11.0. The van der Waals surface area contributed by atoms with Crippen LogP contribution < -0.4 is 5.32 Å². The number of nitrogens with one attached hydrogen (secondary N) is 1. The Labute approximate surface area is 102 Å². The van der Waals surface area contributed by atoms with Crippen LogP contribution >= 0.6 is 11.8 Å². The molecule has 1 amide bonds. The third-order valence-corrected chi connectivity index (χ3v) is 3.50. The number of carbonyl (C=O) groups excluding carboxylic acids is 1. The number of carbonyl (C=O) groups is 1. The van der Waals surface area contributed by atoms with Crippen molar-refractivity contribution in [2.75, 3.05) is 44.4 Å². The van der Waals surface area contributed by atoms with Crippen molar-refractivity contribution >= 4 is 17.7 Å². The third-order valence-electron chi connectivity index (χ3n) is 2.62. The molecule has 94 valence electrons. The highest BCUT2D eigenvalue weighted by molar-refractivity contribution is 7.99. The van der Waals surface area contributed by atoms with Gasteiger partial charge in [-0.3, -0.25) is 9.69 Å². The standard InChI is InChI=1S/C11H22N2O2S/c1-3-12-11(14)10-9-15-7-5-13(10)6-8-16-4-2/h10H,3-9H2,1-2H3,(H,12,14). The van der Waals surface area contributed by atoms with E-state index in [4.69, 9.17) is 4.74 Å². The summed E-state index contributed by atoms with van der Waals surface area (Å²) in [4.78, 5) is 14.0. The maximum atomic E-state index is 11.8. The van der Waals surface area contributed by atoms with Gasteiger partial charge in [-0.2, -0.15) is 11.8 Å². The predicted molar refractivity (Wildman–Crippen MR) is 67.9 cm³/mol. The molecule has 1 atom stereocenters. The summed E-state index contributed by atoms with van der Waals surface area (Å²) in [5, 5.41) is 2.87. The van der Waals surface area contributed by atoms with Crippen LogP contribution in [-0.2, 0) is 9.53 Å². The van der Waals surface area contributed by atoms with Crippen molar-refractivity contribution in [2.24, 2.45) is 0 Å². The molecule has 1 rings (SSSR count). The van der Waals surface area contributed by atoms with Crippen LogP contribution in [0.15, 0.2) is 0 Å². The molecule has 0 aromatic rings. The summed E-state index contributed by atoms with van der Waals surface area (Å²) in [5.74, 6) is 2.33. The molecule has 16 heavy (non-hydrogen) atoms. The van der Waals surface area contributed by atoms with Crippen LogP contribution in [0.3, 0.4) is 0 Å². The Morgan fingerprint density at radius 3 is 3.06 bits per heavy atom. The maximum Gasteiger partial charge on any atom is 0.239 e. The second kappa shape index (κ2) is 7.92. The molecule has 1 unspecified atom stereocenters. The molecule has 0 aromatic carbocycles. The molecule has 1 N–H and O–H groups in total. The van der Waals surface area contributed by atoms with E-state index >= 15 is 0 Å². The molecular formula is C11H22N2O2S. The molecular weight excluding hydrogens is 224 g/mol. The smallest absolute Gasteiger partial charge is 0.239 e. The molecule has 0 bridgehead atoms. The molecule has 0 radical (unpaired) electrons. The lowest BCUT2D eigenvalue weighted by molar-refractivity contribution is -0.132. The second-order valence-electron chi connectivity index (χ2n) is 3.72. The largest absolute Gasteiger partial charge is 0.378 e. The van der Waals surface area contributed by atoms with Crippen molar-refractivity contribution in [1.29, 1.82) is 0 Å². The van der Waals surface area contributed by atoms with Gasteiger partial charge in [0, 0.05) is 25.4 Å². The van der Waals surface area contributed by atoms with Crippen molar-refractivity contribution in [1.82, 2.24) is 10.2 Å². The summed E-state index contributed by atoms with van der Waals surface area (Å²) in [5.41, 5.74) is 0. The molecule has 0 aromatic heterocycles. The van der Waals surface area contributed by atoms with Gasteiger partial charge in [-0.25, -0.2) is 0 Å². The van der Waals surface area contributed by atoms with Crippen molar-refractivity contribution in [3.05, 3.63) is 0 Å². The van der Waals surface area contributed by atoms with E-state index in [0.29, 0.717) is 13.2 Å². The van der Waals surface area contributed by atoms with Gasteiger partial charge in [0.2, 0.25) is 5.91 Å². The summed E-state index contributed by atoms with van der Waals surface area (Å²) in [6.07, 6.45) is 0. The molecule has 0 spiro atoms. The fraction of sp³-hybridized carbons (Fsp3) is 0.909. The van der Waals surface area contributed by atoms with Crippen LogP contribution in [0.5, 0.6) is 0 Å². The average molecular weight is 246 g/mol. The number of thioether (sulfide) groups is 1. The molecule has 0 aliphatic carbocycles. The highest BCUT2D eigenvalue weighted by Gasteiger charge is 2.28. The average Bonchev–Trinajstić information content (AvgIpc) is 2.30. The summed E-state index contributed by atoms with van der Waals surface area (Å²) < 4.78 is 5.38. The monoisotopic (exact) mass is 246 g/mol. The van der Waals surface area contributed by atoms with Gasteiger partial charge in [0.25, 0.3) is 0 Å². The van der Waals surface area contributed by atoms with Crippen LogP contribution in [0.1, 0.15) is 13.8 Å². The molecule has 1 aliphatic heterocycles. The van der Waals surface area contributed by atoms with E-state index in [-0.39, 0.29) is 11.9 Å². The predicted octanol–water partition coefficient (Wildman–Crippen LogP) is 0.576. The zero-order valence-electron chi connectivity index (χ0n) is 10.2. The molecule has 1 saturated heterocycles. The molecule has 1 aliphatic rings. The number of ether oxygens (including phenoxy) is 1. The lowest BCUT2D eigenvalue weighted by Gasteiger charge is -2.34. The molecule has 0 saturated carbocycles. The highest BCUT2D eigenvalue weighted by Crippen LogP contribution is 2.09. The summed E-state index contributed by atoms with van der Waals surface area (Å²) in [6, 6.07) is -0.0915. The Kier molecular flexibility index (Phi) is 6.84. The van der Waals surface area contributed by atoms with E-state index < -0.39 is 0 Å². The zero-order chi connectivity index (χ0) is 11.8. The summed E-state index contributed by atoms with van der Waals surface area (Å²) >= 11 is 1.91. The minimum Gasteiger partial charge on any atom is -0.378 e. The fourth-order valence-electron chi connectivity index (χ4n) is 1.77. The second-order valence-corrected chi connectivity index (χ2v) is 5.11.